The number of amides is 2. The third-order valence-corrected chi connectivity index (χ3v) is 6.39. The van der Waals surface area contributed by atoms with Crippen LogP contribution in [0.5, 0.6) is 0 Å². The quantitative estimate of drug-likeness (QED) is 0.649. The Morgan fingerprint density at radius 3 is 2.38 bits per heavy atom. The van der Waals surface area contributed by atoms with Gasteiger partial charge in [0, 0.05) is 19.2 Å². The number of hydrogen-bond acceptors (Lipinski definition) is 4. The van der Waals surface area contributed by atoms with Crippen molar-refractivity contribution in [2.75, 3.05) is 18.5 Å². The van der Waals surface area contributed by atoms with E-state index in [0.29, 0.717) is 24.2 Å². The van der Waals surface area contributed by atoms with Crippen LogP contribution in [0.2, 0.25) is 0 Å². The zero-order valence-corrected chi connectivity index (χ0v) is 16.5. The summed E-state index contributed by atoms with van der Waals surface area (Å²) >= 11 is -3.74. The number of benzene rings is 2. The Kier molecular flexibility index (Phi) is 5.65. The lowest BCUT2D eigenvalue weighted by Crippen LogP contribution is -2.46. The van der Waals surface area contributed by atoms with Crippen molar-refractivity contribution in [2.24, 2.45) is 0 Å². The summed E-state index contributed by atoms with van der Waals surface area (Å²) in [5.41, 5.74) is 0.912. The normalized spacial score (nSPS) is 16.7. The summed E-state index contributed by atoms with van der Waals surface area (Å²) in [6, 6.07) is 14.7. The molecular weight excluding hydrogens is 447 g/mol. The number of likely N-dealkylation sites (tertiary alicyclic amines) is 1. The highest BCUT2D eigenvalue weighted by Gasteiger charge is 2.36. The molecule has 2 aromatic carbocycles. The molecule has 0 unspecified atom stereocenters. The fourth-order valence-corrected chi connectivity index (χ4v) is 4.70. The fourth-order valence-electron chi connectivity index (χ4n) is 3.21. The first-order valence-corrected chi connectivity index (χ1v) is 11.1. The number of carbonyl (C=O) groups is 2. The summed E-state index contributed by atoms with van der Waals surface area (Å²) in [6.07, 6.45) is 1.31. The number of rotatable bonds is 4. The maximum absolute atomic E-state index is 13.0. The number of hydrogen-bond donors (Lipinski definition) is 0. The van der Waals surface area contributed by atoms with Crippen LogP contribution in [0.4, 0.5) is 5.69 Å². The van der Waals surface area contributed by atoms with Gasteiger partial charge in [-0.05, 0) is 37.1 Å². The lowest BCUT2D eigenvalue weighted by Gasteiger charge is -2.28. The van der Waals surface area contributed by atoms with E-state index in [1.807, 2.05) is 6.07 Å². The summed E-state index contributed by atoms with van der Waals surface area (Å²) < 4.78 is 23.3. The Bertz CT molecular complexity index is 887. The number of anilines is 1. The number of likely N-dealkylation sites (N-methyl/N-ethyl adjacent to an activating group) is 1. The largest absolute Gasteiger partial charge is 0.342 e. The third kappa shape index (κ3) is 3.62. The van der Waals surface area contributed by atoms with E-state index in [2.05, 4.69) is 0 Å². The molecule has 136 valence electrons. The van der Waals surface area contributed by atoms with Crippen molar-refractivity contribution in [3.8, 4) is 0 Å². The van der Waals surface area contributed by atoms with E-state index in [4.69, 9.17) is 0 Å². The molecule has 7 heteroatoms. The van der Waals surface area contributed by atoms with Crippen molar-refractivity contribution >= 4 is 37.3 Å². The van der Waals surface area contributed by atoms with Crippen LogP contribution in [-0.4, -0.2) is 36.3 Å². The molecule has 1 atom stereocenters. The van der Waals surface area contributed by atoms with Crippen LogP contribution in [0.1, 0.15) is 23.2 Å². The number of nitrogens with zero attached hydrogens (tertiary/aromatic N) is 2. The van der Waals surface area contributed by atoms with E-state index in [0.717, 1.165) is 6.42 Å². The van der Waals surface area contributed by atoms with E-state index >= 15 is 0 Å². The topological polar surface area (TPSA) is 74.8 Å². The molecule has 0 spiro atoms. The van der Waals surface area contributed by atoms with Gasteiger partial charge in [0.25, 0.3) is 5.91 Å². The minimum atomic E-state index is -3.74. The molecule has 3 rings (SSSR count). The summed E-state index contributed by atoms with van der Waals surface area (Å²) in [4.78, 5) is 28.7. The number of carbonyl (C=O) groups excluding carboxylic acids is 2. The molecule has 0 saturated carbocycles. The van der Waals surface area contributed by atoms with E-state index < -0.39 is 25.8 Å². The van der Waals surface area contributed by atoms with Crippen LogP contribution in [0.3, 0.4) is 0 Å². The van der Waals surface area contributed by atoms with Crippen molar-refractivity contribution in [1.82, 2.24) is 4.90 Å². The molecule has 0 bridgehead atoms. The monoisotopic (exact) mass is 466 g/mol. The first kappa shape index (κ1) is 18.5. The van der Waals surface area contributed by atoms with E-state index in [1.165, 1.54) is 11.0 Å². The van der Waals surface area contributed by atoms with Gasteiger partial charge in [0.2, 0.25) is 5.91 Å². The van der Waals surface area contributed by atoms with Gasteiger partial charge in [-0.1, -0.05) is 30.3 Å². The predicted molar refractivity (Wildman–Crippen MR) is 104 cm³/mol. The second-order valence-corrected chi connectivity index (χ2v) is 8.49. The highest BCUT2D eigenvalue weighted by atomic mass is 127. The molecular formula is C19H19IN2O4. The second-order valence-electron chi connectivity index (χ2n) is 6.09. The highest BCUT2D eigenvalue weighted by Crippen LogP contribution is 2.30. The second kappa shape index (κ2) is 7.94. The number of para-hydroxylation sites is 1. The molecule has 0 aromatic heterocycles. The molecule has 0 aliphatic carbocycles. The van der Waals surface area contributed by atoms with Gasteiger partial charge in [0.15, 0.2) is 0 Å². The smallest absolute Gasteiger partial charge is 0.327 e. The molecule has 6 nitrogen and oxygen atoms in total. The molecule has 26 heavy (non-hydrogen) atoms. The van der Waals surface area contributed by atoms with Gasteiger partial charge in [-0.15, -0.1) is 0 Å². The van der Waals surface area contributed by atoms with Gasteiger partial charge in [-0.25, -0.2) is 6.14 Å². The number of halogens is 1. The molecule has 1 aliphatic heterocycles. The maximum Gasteiger partial charge on any atom is 0.342 e. The van der Waals surface area contributed by atoms with E-state index in [9.17, 15) is 15.7 Å². The highest BCUT2D eigenvalue weighted by molar-refractivity contribution is 14.2. The van der Waals surface area contributed by atoms with Gasteiger partial charge >= 0.3 is 19.8 Å². The van der Waals surface area contributed by atoms with Crippen LogP contribution in [0.25, 0.3) is 0 Å². The van der Waals surface area contributed by atoms with E-state index in [-0.39, 0.29) is 15.4 Å². The lowest BCUT2D eigenvalue weighted by molar-refractivity contribution is -0.121. The van der Waals surface area contributed by atoms with Gasteiger partial charge in [-0.3, -0.25) is 9.59 Å². The SMILES string of the molecule is CN(C(=O)[C@@H]1CCCN1C(=O)c1ccccc1)c1ccccc1I(=O)=O. The first-order valence-electron chi connectivity index (χ1n) is 8.28. The third-order valence-electron chi connectivity index (χ3n) is 4.53. The Hall–Kier alpha value is -2.29. The molecule has 1 saturated heterocycles. The van der Waals surface area contributed by atoms with Crippen LogP contribution in [0.15, 0.2) is 54.6 Å². The fraction of sp³-hybridized carbons (Fsp3) is 0.263. The van der Waals surface area contributed by atoms with Gasteiger partial charge in [0.05, 0.1) is 5.69 Å². The summed E-state index contributed by atoms with van der Waals surface area (Å²) in [7, 11) is 1.56. The van der Waals surface area contributed by atoms with Crippen molar-refractivity contribution in [1.29, 1.82) is 0 Å². The Labute approximate surface area is 158 Å². The van der Waals surface area contributed by atoms with Crippen molar-refractivity contribution in [3.05, 3.63) is 63.7 Å². The minimum absolute atomic E-state index is 0.177. The Morgan fingerprint density at radius 2 is 1.69 bits per heavy atom. The molecule has 1 fully saturated rings. The van der Waals surface area contributed by atoms with Gasteiger partial charge < -0.3 is 9.80 Å². The zero-order valence-electron chi connectivity index (χ0n) is 14.3. The van der Waals surface area contributed by atoms with Crippen molar-refractivity contribution in [2.45, 2.75) is 18.9 Å². The predicted octanol–water partition coefficient (Wildman–Crippen LogP) is 3.32. The maximum atomic E-state index is 13.0. The molecule has 2 aromatic rings. The lowest BCUT2D eigenvalue weighted by atomic mass is 10.1. The van der Waals surface area contributed by atoms with Crippen LogP contribution < -0.4 is 4.90 Å². The van der Waals surface area contributed by atoms with E-state index in [1.54, 1.807) is 54.4 Å². The average Bonchev–Trinajstić information content (AvgIpc) is 3.16. The first-order chi connectivity index (χ1) is 12.5. The zero-order chi connectivity index (χ0) is 18.7. The van der Waals surface area contributed by atoms with Gasteiger partial charge in [-0.2, -0.15) is 0 Å². The van der Waals surface area contributed by atoms with Gasteiger partial charge in [0.1, 0.15) is 9.61 Å². The summed E-state index contributed by atoms with van der Waals surface area (Å²) in [6.45, 7) is 0.515. The Balaban J connectivity index is 1.86. The average molecular weight is 466 g/mol. The van der Waals surface area contributed by atoms with Crippen LogP contribution >= 0.6 is 19.8 Å². The molecule has 0 radical (unpaired) electrons. The molecule has 1 heterocycles. The Morgan fingerprint density at radius 1 is 1.04 bits per heavy atom. The molecule has 0 N–H and O–H groups in total. The van der Waals surface area contributed by atoms with Crippen LogP contribution in [-0.2, 0) is 10.9 Å². The summed E-state index contributed by atoms with van der Waals surface area (Å²) in [5.74, 6) is -0.443. The molecule has 2 amide bonds. The summed E-state index contributed by atoms with van der Waals surface area (Å²) in [5, 5.41) is 0. The van der Waals surface area contributed by atoms with Crippen molar-refractivity contribution in [3.63, 3.8) is 0 Å². The molecule has 1 aliphatic rings. The van der Waals surface area contributed by atoms with Crippen molar-refractivity contribution < 1.29 is 15.7 Å². The standard InChI is InChI=1S/C19H19IN2O4/c1-21(16-11-6-5-10-15(16)20(25)26)19(24)17-12-7-13-22(17)18(23)14-8-3-2-4-9-14/h2-6,8-11,17H,7,12-13H2,1H3/t17-/m0/s1. The minimum Gasteiger partial charge on any atom is -0.327 e. The van der Waals surface area contributed by atoms with Crippen LogP contribution in [0, 0.1) is 3.57 Å².